The second kappa shape index (κ2) is 10.8. The lowest BCUT2D eigenvalue weighted by atomic mass is 9.56. The van der Waals surface area contributed by atoms with Gasteiger partial charge in [0.1, 0.15) is 11.7 Å². The number of hydrogen-bond donors (Lipinski definition) is 6. The molecule has 0 radical (unpaired) electrons. The van der Waals surface area contributed by atoms with Crippen molar-refractivity contribution in [2.24, 2.45) is 23.5 Å². The number of carbonyl (C=O) groups is 4. The Kier molecular flexibility index (Phi) is 7.91. The number of ketones is 2. The van der Waals surface area contributed by atoms with E-state index in [1.807, 2.05) is 0 Å². The largest absolute Gasteiger partial charge is 0.508 e. The van der Waals surface area contributed by atoms with Crippen LogP contribution in [0.15, 0.2) is 30.1 Å². The van der Waals surface area contributed by atoms with Crippen molar-refractivity contribution >= 4 is 34.9 Å². The maximum absolute atomic E-state index is 14.0. The number of fused-ring (bicyclic) bond motifs is 3. The lowest BCUT2D eigenvalue weighted by molar-refractivity contribution is -0.178. The molecule has 1 fully saturated rings. The number of Topliss-reactive ketones (excluding diaryl/α,β-unsaturated/α-hetero) is 2. The van der Waals surface area contributed by atoms with Gasteiger partial charge in [-0.1, -0.05) is 6.08 Å². The highest BCUT2D eigenvalue weighted by Crippen LogP contribution is 2.54. The molecule has 4 rings (SSSR count). The van der Waals surface area contributed by atoms with Gasteiger partial charge >= 0.3 is 6.09 Å². The first-order valence-corrected chi connectivity index (χ1v) is 13.2. The standard InChI is InChI=1S/C28H36N4O9/c1-6-7-8-41-27(39)30-15-11-16(31(2)3)13-9-12-10-14-20(32(4)5)23(35)19(26(29)38)25(37)28(14,40)24(36)17(12)22(34)18(13)21(15)33/h6,11-12,14,19-20,23,33,35-36,40H,1,7-10H2,2-5H3,(H2,29,38)(H,30,39)/t12-,14-,19?,20-,23?,28-/m0/s1. The van der Waals surface area contributed by atoms with Gasteiger partial charge in [0.15, 0.2) is 22.9 Å². The average molecular weight is 573 g/mol. The molecule has 2 unspecified atom stereocenters. The van der Waals surface area contributed by atoms with Crippen molar-refractivity contribution in [3.05, 3.63) is 41.2 Å². The molecule has 3 aliphatic carbocycles. The predicted molar refractivity (Wildman–Crippen MR) is 148 cm³/mol. The van der Waals surface area contributed by atoms with Crippen LogP contribution in [0.25, 0.3) is 0 Å². The summed E-state index contributed by atoms with van der Waals surface area (Å²) in [6.07, 6.45) is -0.324. The maximum Gasteiger partial charge on any atom is 0.411 e. The summed E-state index contributed by atoms with van der Waals surface area (Å²) in [5.74, 6) is -8.33. The van der Waals surface area contributed by atoms with Gasteiger partial charge in [-0.3, -0.25) is 19.7 Å². The van der Waals surface area contributed by atoms with Gasteiger partial charge < -0.3 is 40.7 Å². The Balaban J connectivity index is 1.87. The van der Waals surface area contributed by atoms with E-state index in [9.17, 15) is 39.6 Å². The van der Waals surface area contributed by atoms with Crippen LogP contribution >= 0.6 is 0 Å². The Morgan fingerprint density at radius 3 is 2.46 bits per heavy atom. The highest BCUT2D eigenvalue weighted by molar-refractivity contribution is 6.17. The second-order valence-electron chi connectivity index (χ2n) is 11.2. The molecule has 0 aliphatic heterocycles. The van der Waals surface area contributed by atoms with Crippen LogP contribution < -0.4 is 16.0 Å². The summed E-state index contributed by atoms with van der Waals surface area (Å²) in [5, 5.41) is 47.8. The number of rotatable bonds is 7. The SMILES string of the molecule is C=CCCOC(=O)Nc1cc(N(C)C)c2c(c1O)C(=O)C1=C(O)[C@]3(O)C(=O)C(C(N)=O)C(O)[C@@H](N(C)C)[C@@H]3C[C@@H]1C2. The number of benzene rings is 1. The van der Waals surface area contributed by atoms with Crippen LogP contribution in [-0.2, 0) is 20.7 Å². The van der Waals surface area contributed by atoms with Crippen LogP contribution in [0.3, 0.4) is 0 Å². The van der Waals surface area contributed by atoms with E-state index < -0.39 is 70.6 Å². The first-order valence-electron chi connectivity index (χ1n) is 13.2. The summed E-state index contributed by atoms with van der Waals surface area (Å²) in [6.45, 7) is 3.60. The lowest BCUT2D eigenvalue weighted by Gasteiger charge is -2.53. The third-order valence-electron chi connectivity index (χ3n) is 8.34. The van der Waals surface area contributed by atoms with Crippen LogP contribution in [0.2, 0.25) is 0 Å². The number of allylic oxidation sites excluding steroid dienone is 1. The lowest BCUT2D eigenvalue weighted by Crippen LogP contribution is -2.71. The number of ether oxygens (including phenoxy) is 1. The molecule has 0 spiro atoms. The van der Waals surface area contributed by atoms with Gasteiger partial charge in [0.2, 0.25) is 5.91 Å². The maximum atomic E-state index is 14.0. The van der Waals surface area contributed by atoms with Crippen molar-refractivity contribution in [3.8, 4) is 5.75 Å². The molecular formula is C28H36N4O9. The normalized spacial score (nSPS) is 28.9. The molecular weight excluding hydrogens is 536 g/mol. The van der Waals surface area contributed by atoms with Crippen molar-refractivity contribution in [3.63, 3.8) is 0 Å². The van der Waals surface area contributed by atoms with Crippen molar-refractivity contribution in [1.82, 2.24) is 4.90 Å². The molecule has 2 amide bonds. The topological polar surface area (TPSA) is 203 Å². The summed E-state index contributed by atoms with van der Waals surface area (Å²) in [5.41, 5.74) is 3.06. The van der Waals surface area contributed by atoms with E-state index in [1.165, 1.54) is 6.07 Å². The van der Waals surface area contributed by atoms with Crippen LogP contribution in [0.5, 0.6) is 5.75 Å². The molecule has 0 bridgehead atoms. The number of aromatic hydroxyl groups is 1. The predicted octanol–water partition coefficient (Wildman–Crippen LogP) is 0.476. The second-order valence-corrected chi connectivity index (χ2v) is 11.2. The molecule has 3 aliphatic rings. The van der Waals surface area contributed by atoms with E-state index in [1.54, 1.807) is 44.1 Å². The van der Waals surface area contributed by atoms with Gasteiger partial charge in [0.05, 0.1) is 24.0 Å². The van der Waals surface area contributed by atoms with Crippen molar-refractivity contribution in [1.29, 1.82) is 0 Å². The van der Waals surface area contributed by atoms with Gasteiger partial charge in [-0.2, -0.15) is 0 Å². The third kappa shape index (κ3) is 4.63. The number of nitrogens with two attached hydrogens (primary N) is 1. The van der Waals surface area contributed by atoms with E-state index in [-0.39, 0.29) is 36.3 Å². The Labute approximate surface area is 236 Å². The molecule has 0 heterocycles. The van der Waals surface area contributed by atoms with Gasteiger partial charge in [0, 0.05) is 37.3 Å². The van der Waals surface area contributed by atoms with Crippen molar-refractivity contribution in [2.75, 3.05) is 45.0 Å². The monoisotopic (exact) mass is 572 g/mol. The molecule has 7 N–H and O–H groups in total. The summed E-state index contributed by atoms with van der Waals surface area (Å²) in [4.78, 5) is 55.2. The Hall–Kier alpha value is -3.94. The molecule has 1 aromatic rings. The highest BCUT2D eigenvalue weighted by atomic mass is 16.5. The number of aliphatic hydroxyl groups is 3. The van der Waals surface area contributed by atoms with E-state index in [4.69, 9.17) is 10.5 Å². The molecule has 13 nitrogen and oxygen atoms in total. The van der Waals surface area contributed by atoms with Crippen LogP contribution in [0.4, 0.5) is 16.2 Å². The summed E-state index contributed by atoms with van der Waals surface area (Å²) in [6, 6.07) is 0.536. The van der Waals surface area contributed by atoms with E-state index in [0.29, 0.717) is 17.7 Å². The first kappa shape index (κ1) is 30.0. The number of amides is 2. The number of phenols is 1. The molecule has 1 aromatic carbocycles. The van der Waals surface area contributed by atoms with Gasteiger partial charge in [-0.25, -0.2) is 4.79 Å². The van der Waals surface area contributed by atoms with Gasteiger partial charge in [-0.05, 0) is 50.9 Å². The molecule has 6 atom stereocenters. The zero-order valence-corrected chi connectivity index (χ0v) is 23.4. The van der Waals surface area contributed by atoms with Crippen LogP contribution in [0, 0.1) is 17.8 Å². The minimum Gasteiger partial charge on any atom is -0.508 e. The third-order valence-corrected chi connectivity index (χ3v) is 8.34. The summed E-state index contributed by atoms with van der Waals surface area (Å²) < 4.78 is 5.05. The zero-order valence-electron chi connectivity index (χ0n) is 23.4. The van der Waals surface area contributed by atoms with E-state index in [2.05, 4.69) is 11.9 Å². The fraction of sp³-hybridized carbons (Fsp3) is 0.500. The highest BCUT2D eigenvalue weighted by Gasteiger charge is 2.66. The Morgan fingerprint density at radius 2 is 1.90 bits per heavy atom. The molecule has 41 heavy (non-hydrogen) atoms. The fourth-order valence-corrected chi connectivity index (χ4v) is 6.53. The first-order chi connectivity index (χ1) is 19.2. The zero-order chi connectivity index (χ0) is 30.5. The van der Waals surface area contributed by atoms with Crippen LogP contribution in [-0.4, -0.2) is 101 Å². The number of anilines is 2. The molecule has 1 saturated carbocycles. The van der Waals surface area contributed by atoms with Crippen molar-refractivity contribution in [2.45, 2.75) is 37.0 Å². The molecule has 0 aromatic heterocycles. The minimum absolute atomic E-state index is 0.00145. The molecule has 13 heteroatoms. The fourth-order valence-electron chi connectivity index (χ4n) is 6.53. The van der Waals surface area contributed by atoms with E-state index >= 15 is 0 Å². The minimum atomic E-state index is -2.68. The van der Waals surface area contributed by atoms with Crippen molar-refractivity contribution < 1.29 is 44.3 Å². The van der Waals surface area contributed by atoms with E-state index in [0.717, 1.165) is 0 Å². The summed E-state index contributed by atoms with van der Waals surface area (Å²) in [7, 11) is 6.62. The number of aliphatic hydroxyl groups excluding tert-OH is 2. The number of likely N-dealkylation sites (N-methyl/N-ethyl adjacent to an activating group) is 1. The Morgan fingerprint density at radius 1 is 1.24 bits per heavy atom. The number of carbonyl (C=O) groups excluding carboxylic acids is 4. The quantitative estimate of drug-likeness (QED) is 0.115. The number of nitrogens with zero attached hydrogens (tertiary/aromatic N) is 2. The number of primary amides is 1. The van der Waals surface area contributed by atoms with Gasteiger partial charge in [-0.15, -0.1) is 6.58 Å². The average Bonchev–Trinajstić information content (AvgIpc) is 2.87. The molecule has 222 valence electrons. The molecule has 0 saturated heterocycles. The smallest absolute Gasteiger partial charge is 0.411 e. The summed E-state index contributed by atoms with van der Waals surface area (Å²) >= 11 is 0. The van der Waals surface area contributed by atoms with Crippen LogP contribution in [0.1, 0.15) is 28.8 Å². The Bertz CT molecular complexity index is 1350. The number of hydrogen-bond acceptors (Lipinski definition) is 11. The number of phenolic OH excluding ortho intramolecular Hbond substituents is 1. The van der Waals surface area contributed by atoms with Gasteiger partial charge in [0.25, 0.3) is 0 Å². The number of nitrogens with one attached hydrogen (secondary N) is 1.